The Labute approximate surface area is 226 Å². The van der Waals surface area contributed by atoms with Crippen molar-refractivity contribution in [3.63, 3.8) is 0 Å². The highest BCUT2D eigenvalue weighted by Crippen LogP contribution is 2.41. The molecule has 184 valence electrons. The van der Waals surface area contributed by atoms with Crippen molar-refractivity contribution in [3.8, 4) is 0 Å². The summed E-state index contributed by atoms with van der Waals surface area (Å²) in [5.74, 6) is -1.54. The minimum absolute atomic E-state index is 0.0807. The Hall–Kier alpha value is -2.57. The molecular formula is C24H17ClN2O5S4. The zero-order valence-electron chi connectivity index (χ0n) is 18.3. The molecule has 7 nitrogen and oxygen atoms in total. The van der Waals surface area contributed by atoms with E-state index < -0.39 is 23.3 Å². The molecule has 0 radical (unpaired) electrons. The summed E-state index contributed by atoms with van der Waals surface area (Å²) in [5, 5.41) is 16.9. The maximum Gasteiger partial charge on any atom is 0.352 e. The van der Waals surface area contributed by atoms with E-state index in [1.807, 2.05) is 17.5 Å². The first-order valence-corrected chi connectivity index (χ1v) is 14.6. The summed E-state index contributed by atoms with van der Waals surface area (Å²) in [5.41, 5.74) is 0.295. The maximum atomic E-state index is 12.8. The molecular weight excluding hydrogens is 560 g/mol. The number of hydrogen-bond donors (Lipinski definition) is 2. The molecule has 2 aromatic heterocycles. The number of carbonyl (C=O) groups is 3. The van der Waals surface area contributed by atoms with Gasteiger partial charge in [0.2, 0.25) is 5.91 Å². The molecule has 1 aromatic carbocycles. The first-order chi connectivity index (χ1) is 17.3. The van der Waals surface area contributed by atoms with Gasteiger partial charge in [-0.2, -0.15) is 0 Å². The molecule has 0 saturated carbocycles. The lowest BCUT2D eigenvalue weighted by Crippen LogP contribution is -2.70. The van der Waals surface area contributed by atoms with Crippen LogP contribution in [0.1, 0.15) is 4.88 Å². The van der Waals surface area contributed by atoms with Gasteiger partial charge in [-0.05, 0) is 46.7 Å². The number of nitrogens with one attached hydrogen (secondary N) is 1. The van der Waals surface area contributed by atoms with Crippen LogP contribution in [-0.2, 0) is 20.8 Å². The van der Waals surface area contributed by atoms with E-state index in [9.17, 15) is 24.3 Å². The number of thioether (sulfide) groups is 2. The number of fused-ring (bicyclic) bond motifs is 2. The van der Waals surface area contributed by atoms with Crippen molar-refractivity contribution in [1.29, 1.82) is 0 Å². The van der Waals surface area contributed by atoms with Crippen LogP contribution >= 0.6 is 57.8 Å². The fourth-order valence-electron chi connectivity index (χ4n) is 3.92. The van der Waals surface area contributed by atoms with Gasteiger partial charge < -0.3 is 10.4 Å². The number of amides is 2. The lowest BCUT2D eigenvalue weighted by atomic mass is 10.0. The SMILES string of the molecule is O=C(Cc1cccs1)NC1C(=O)N2C(C(=O)O)=C(C=CSc3cc(=O)c4ccc(Cl)cc4s3)CS[C@H]12. The highest BCUT2D eigenvalue weighted by molar-refractivity contribution is 8.04. The van der Waals surface area contributed by atoms with E-state index in [0.29, 0.717) is 21.7 Å². The third-order valence-electron chi connectivity index (χ3n) is 5.55. The normalized spacial score (nSPS) is 19.5. The zero-order valence-corrected chi connectivity index (χ0v) is 22.3. The minimum Gasteiger partial charge on any atom is -0.477 e. The molecule has 1 unspecified atom stereocenters. The van der Waals surface area contributed by atoms with Crippen LogP contribution < -0.4 is 10.7 Å². The highest BCUT2D eigenvalue weighted by atomic mass is 35.5. The van der Waals surface area contributed by atoms with Gasteiger partial charge in [-0.1, -0.05) is 29.4 Å². The molecule has 2 aliphatic rings. The Bertz CT molecular complexity index is 1500. The number of benzene rings is 1. The van der Waals surface area contributed by atoms with Crippen LogP contribution in [0.25, 0.3) is 10.1 Å². The molecule has 5 rings (SSSR count). The quantitative estimate of drug-likeness (QED) is 0.314. The van der Waals surface area contributed by atoms with Crippen molar-refractivity contribution < 1.29 is 19.5 Å². The van der Waals surface area contributed by atoms with Crippen LogP contribution in [0, 0.1) is 0 Å². The van der Waals surface area contributed by atoms with Crippen molar-refractivity contribution >= 4 is 85.7 Å². The van der Waals surface area contributed by atoms with Gasteiger partial charge in [-0.25, -0.2) is 4.79 Å². The van der Waals surface area contributed by atoms with Crippen LogP contribution in [0.15, 0.2) is 73.5 Å². The molecule has 0 spiro atoms. The number of aliphatic carboxylic acids is 1. The molecule has 36 heavy (non-hydrogen) atoms. The van der Waals surface area contributed by atoms with Crippen molar-refractivity contribution in [2.24, 2.45) is 0 Å². The molecule has 0 aliphatic carbocycles. The lowest BCUT2D eigenvalue weighted by molar-refractivity contribution is -0.150. The number of carbonyl (C=O) groups excluding carboxylic acids is 2. The lowest BCUT2D eigenvalue weighted by Gasteiger charge is -2.49. The van der Waals surface area contributed by atoms with Crippen molar-refractivity contribution in [3.05, 3.63) is 84.7 Å². The third kappa shape index (κ3) is 4.98. The molecule has 2 N–H and O–H groups in total. The second-order valence-electron chi connectivity index (χ2n) is 7.88. The number of hydrogen-bond acceptors (Lipinski definition) is 8. The Morgan fingerprint density at radius 3 is 2.83 bits per heavy atom. The molecule has 2 atom stereocenters. The smallest absolute Gasteiger partial charge is 0.352 e. The van der Waals surface area contributed by atoms with E-state index in [1.54, 1.807) is 29.7 Å². The summed E-state index contributed by atoms with van der Waals surface area (Å²) in [4.78, 5) is 51.8. The number of carboxylic acids is 1. The molecule has 4 heterocycles. The highest BCUT2D eigenvalue weighted by Gasteiger charge is 2.53. The number of carboxylic acid groups (broad SMARTS) is 1. The van der Waals surface area contributed by atoms with Gasteiger partial charge in [0.15, 0.2) is 5.43 Å². The van der Waals surface area contributed by atoms with Crippen LogP contribution in [0.2, 0.25) is 5.02 Å². The number of allylic oxidation sites excluding steroid dienone is 1. The second kappa shape index (κ2) is 10.4. The molecule has 2 aliphatic heterocycles. The Kier molecular flexibility index (Phi) is 7.27. The van der Waals surface area contributed by atoms with Crippen LogP contribution in [-0.4, -0.2) is 45.0 Å². The van der Waals surface area contributed by atoms with Gasteiger partial charge in [0.25, 0.3) is 5.91 Å². The standard InChI is InChI=1S/C24H17ClN2O5S4/c25-13-3-4-15-16(28)10-19(36-17(15)8-13)34-7-5-12-11-35-23-20(22(30)27(23)21(12)24(31)32)26-18(29)9-14-2-1-6-33-14/h1-8,10,20,23H,9,11H2,(H,26,29)(H,31,32)/t20?,23-/m1/s1. The molecule has 1 fully saturated rings. The van der Waals surface area contributed by atoms with E-state index >= 15 is 0 Å². The summed E-state index contributed by atoms with van der Waals surface area (Å²) in [6, 6.07) is 9.60. The summed E-state index contributed by atoms with van der Waals surface area (Å²) in [6.07, 6.45) is 1.84. The number of β-lactam (4-membered cyclic amide) rings is 1. The molecule has 2 amide bonds. The van der Waals surface area contributed by atoms with Gasteiger partial charge >= 0.3 is 5.97 Å². The monoisotopic (exact) mass is 576 g/mol. The van der Waals surface area contributed by atoms with Gasteiger partial charge in [0, 0.05) is 31.8 Å². The summed E-state index contributed by atoms with van der Waals surface area (Å²) >= 11 is 11.6. The van der Waals surface area contributed by atoms with E-state index in [0.717, 1.165) is 13.8 Å². The average molecular weight is 577 g/mol. The number of thiophene rings is 1. The minimum atomic E-state index is -1.20. The molecule has 3 aromatic rings. The summed E-state index contributed by atoms with van der Waals surface area (Å²) in [7, 11) is 0. The van der Waals surface area contributed by atoms with Gasteiger partial charge in [-0.3, -0.25) is 19.3 Å². The zero-order chi connectivity index (χ0) is 25.4. The average Bonchev–Trinajstić information content (AvgIpc) is 3.34. The molecule has 0 bridgehead atoms. The van der Waals surface area contributed by atoms with Crippen molar-refractivity contribution in [2.45, 2.75) is 22.0 Å². The topological polar surface area (TPSA) is 104 Å². The van der Waals surface area contributed by atoms with Crippen molar-refractivity contribution in [1.82, 2.24) is 10.2 Å². The third-order valence-corrected chi connectivity index (χ3v) is 10.0. The van der Waals surface area contributed by atoms with Crippen LogP contribution in [0.4, 0.5) is 0 Å². The summed E-state index contributed by atoms with van der Waals surface area (Å²) < 4.78 is 1.50. The largest absolute Gasteiger partial charge is 0.477 e. The van der Waals surface area contributed by atoms with E-state index in [1.165, 1.54) is 57.2 Å². The Balaban J connectivity index is 1.30. The fraction of sp³-hybridized carbons (Fsp3) is 0.167. The fourth-order valence-corrected chi connectivity index (χ4v) is 8.19. The van der Waals surface area contributed by atoms with E-state index in [-0.39, 0.29) is 23.5 Å². The predicted molar refractivity (Wildman–Crippen MR) is 146 cm³/mol. The predicted octanol–water partition coefficient (Wildman–Crippen LogP) is 4.56. The second-order valence-corrected chi connectivity index (χ2v) is 12.7. The van der Waals surface area contributed by atoms with Gasteiger partial charge in [0.1, 0.15) is 17.1 Å². The molecule has 12 heteroatoms. The van der Waals surface area contributed by atoms with E-state index in [4.69, 9.17) is 11.6 Å². The summed E-state index contributed by atoms with van der Waals surface area (Å²) in [6.45, 7) is 0. The molecule has 1 saturated heterocycles. The maximum absolute atomic E-state index is 12.8. The number of rotatable bonds is 7. The first kappa shape index (κ1) is 25.1. The Morgan fingerprint density at radius 2 is 2.08 bits per heavy atom. The number of halogens is 1. The Morgan fingerprint density at radius 1 is 1.25 bits per heavy atom. The van der Waals surface area contributed by atoms with E-state index in [2.05, 4.69) is 5.32 Å². The first-order valence-electron chi connectivity index (χ1n) is 10.6. The van der Waals surface area contributed by atoms with Gasteiger partial charge in [-0.15, -0.1) is 34.4 Å². The van der Waals surface area contributed by atoms with Crippen molar-refractivity contribution in [2.75, 3.05) is 5.75 Å². The van der Waals surface area contributed by atoms with Crippen LogP contribution in [0.5, 0.6) is 0 Å². The van der Waals surface area contributed by atoms with Gasteiger partial charge in [0.05, 0.1) is 10.6 Å². The number of nitrogens with zero attached hydrogens (tertiary/aromatic N) is 1. The van der Waals surface area contributed by atoms with Crippen LogP contribution in [0.3, 0.4) is 0 Å².